The molecular weight excluding hydrogens is 282 g/mol. The minimum atomic E-state index is 0.812. The lowest BCUT2D eigenvalue weighted by Gasteiger charge is -2.36. The van der Waals surface area contributed by atoms with E-state index in [2.05, 4.69) is 45.4 Å². The van der Waals surface area contributed by atoms with Crippen molar-refractivity contribution in [3.05, 3.63) is 35.9 Å². The first-order valence-electron chi connectivity index (χ1n) is 9.58. The predicted octanol–water partition coefficient (Wildman–Crippen LogP) is 2.05. The van der Waals surface area contributed by atoms with E-state index in [-0.39, 0.29) is 0 Å². The van der Waals surface area contributed by atoms with Gasteiger partial charge in [0.15, 0.2) is 0 Å². The molecule has 4 aliphatic heterocycles. The Labute approximate surface area is 140 Å². The van der Waals surface area contributed by atoms with Crippen LogP contribution >= 0.6 is 0 Å². The smallest absolute Gasteiger partial charge is 0.0234 e. The number of rotatable bonds is 4. The van der Waals surface area contributed by atoms with Gasteiger partial charge in [0.1, 0.15) is 0 Å². The standard InChI is InChI=1S/C20H29N3/c1-2-4-15(5-3-1)10-22-11-16-6-7-17(13-22)23(12-16)14-20-18-8-21-9-19(18)20/h1-5,16-21H,6-14H2/t16-,17+,18-,19+,20?/m0/s1. The first-order valence-corrected chi connectivity index (χ1v) is 9.58. The van der Waals surface area contributed by atoms with Crippen molar-refractivity contribution >= 4 is 0 Å². The molecule has 1 aromatic carbocycles. The van der Waals surface area contributed by atoms with Crippen LogP contribution in [0.3, 0.4) is 0 Å². The fourth-order valence-corrected chi connectivity index (χ4v) is 5.56. The Morgan fingerprint density at radius 3 is 2.61 bits per heavy atom. The van der Waals surface area contributed by atoms with Crippen LogP contribution in [0.1, 0.15) is 18.4 Å². The molecule has 1 aliphatic carbocycles. The van der Waals surface area contributed by atoms with Gasteiger partial charge in [0.05, 0.1) is 0 Å². The third-order valence-electron chi connectivity index (χ3n) is 6.87. The molecular formula is C20H29N3. The maximum absolute atomic E-state index is 3.54. The molecule has 4 heterocycles. The van der Waals surface area contributed by atoms with Crippen molar-refractivity contribution in [1.29, 1.82) is 0 Å². The Hall–Kier alpha value is -0.900. The summed E-state index contributed by atoms with van der Waals surface area (Å²) >= 11 is 0. The Balaban J connectivity index is 1.23. The number of benzene rings is 1. The van der Waals surface area contributed by atoms with Gasteiger partial charge >= 0.3 is 0 Å². The maximum atomic E-state index is 3.54. The van der Waals surface area contributed by atoms with Crippen molar-refractivity contribution < 1.29 is 0 Å². The van der Waals surface area contributed by atoms with Crippen LogP contribution in [0.4, 0.5) is 0 Å². The molecule has 3 nitrogen and oxygen atoms in total. The summed E-state index contributed by atoms with van der Waals surface area (Å²) < 4.78 is 0. The van der Waals surface area contributed by atoms with Gasteiger partial charge in [-0.05, 0) is 55.2 Å². The van der Waals surface area contributed by atoms with E-state index in [0.29, 0.717) is 0 Å². The minimum absolute atomic E-state index is 0.812. The molecule has 1 N–H and O–H groups in total. The summed E-state index contributed by atoms with van der Waals surface area (Å²) in [5, 5.41) is 3.54. The van der Waals surface area contributed by atoms with Crippen molar-refractivity contribution in [2.75, 3.05) is 39.3 Å². The van der Waals surface area contributed by atoms with Crippen LogP contribution in [0.25, 0.3) is 0 Å². The quantitative estimate of drug-likeness (QED) is 0.918. The van der Waals surface area contributed by atoms with Crippen LogP contribution in [-0.2, 0) is 6.54 Å². The van der Waals surface area contributed by atoms with Crippen LogP contribution in [-0.4, -0.2) is 55.1 Å². The van der Waals surface area contributed by atoms with E-state index in [1.807, 2.05) is 0 Å². The second kappa shape index (κ2) is 5.87. The summed E-state index contributed by atoms with van der Waals surface area (Å²) in [6.07, 6.45) is 2.88. The maximum Gasteiger partial charge on any atom is 0.0234 e. The molecule has 5 aliphatic rings. The van der Waals surface area contributed by atoms with Gasteiger partial charge in [-0.3, -0.25) is 9.80 Å². The number of fused-ring (bicyclic) bond motifs is 5. The Kier molecular flexibility index (Phi) is 3.69. The van der Waals surface area contributed by atoms with Crippen LogP contribution < -0.4 is 5.32 Å². The van der Waals surface area contributed by atoms with Crippen molar-refractivity contribution in [1.82, 2.24) is 15.1 Å². The molecule has 6 rings (SSSR count). The summed E-state index contributed by atoms with van der Waals surface area (Å²) in [6, 6.07) is 11.8. The van der Waals surface area contributed by atoms with Crippen molar-refractivity contribution in [2.45, 2.75) is 25.4 Å². The molecule has 0 amide bonds. The molecule has 0 aromatic heterocycles. The number of nitrogens with one attached hydrogen (secondary N) is 1. The highest BCUT2D eigenvalue weighted by Gasteiger charge is 2.53. The third-order valence-corrected chi connectivity index (χ3v) is 6.87. The van der Waals surface area contributed by atoms with E-state index in [4.69, 9.17) is 0 Å². The van der Waals surface area contributed by atoms with E-state index in [0.717, 1.165) is 36.3 Å². The zero-order valence-electron chi connectivity index (χ0n) is 14.0. The van der Waals surface area contributed by atoms with Gasteiger partial charge in [-0.15, -0.1) is 0 Å². The molecule has 1 saturated carbocycles. The first kappa shape index (κ1) is 14.4. The monoisotopic (exact) mass is 311 g/mol. The van der Waals surface area contributed by atoms with Gasteiger partial charge < -0.3 is 5.32 Å². The summed E-state index contributed by atoms with van der Waals surface area (Å²) in [6.45, 7) is 9.05. The van der Waals surface area contributed by atoms with E-state index in [9.17, 15) is 0 Å². The van der Waals surface area contributed by atoms with Gasteiger partial charge in [-0.25, -0.2) is 0 Å². The zero-order valence-corrected chi connectivity index (χ0v) is 14.0. The first-order chi connectivity index (χ1) is 11.4. The highest BCUT2D eigenvalue weighted by molar-refractivity contribution is 5.15. The lowest BCUT2D eigenvalue weighted by molar-refractivity contribution is 0.120. The summed E-state index contributed by atoms with van der Waals surface area (Å²) in [5.74, 6) is 3.93. The molecule has 1 aromatic rings. The second-order valence-corrected chi connectivity index (χ2v) is 8.38. The molecule has 5 fully saturated rings. The van der Waals surface area contributed by atoms with E-state index >= 15 is 0 Å². The lowest BCUT2D eigenvalue weighted by Crippen LogP contribution is -2.45. The van der Waals surface area contributed by atoms with Crippen LogP contribution in [0.5, 0.6) is 0 Å². The molecule has 5 atom stereocenters. The van der Waals surface area contributed by atoms with Crippen LogP contribution in [0, 0.1) is 23.7 Å². The molecule has 2 bridgehead atoms. The average Bonchev–Trinajstić information content (AvgIpc) is 3.10. The number of hydrogen-bond acceptors (Lipinski definition) is 3. The van der Waals surface area contributed by atoms with E-state index < -0.39 is 0 Å². The Morgan fingerprint density at radius 2 is 1.78 bits per heavy atom. The van der Waals surface area contributed by atoms with Crippen molar-refractivity contribution in [3.63, 3.8) is 0 Å². The third kappa shape index (κ3) is 2.84. The van der Waals surface area contributed by atoms with Gasteiger partial charge in [-0.2, -0.15) is 0 Å². The molecule has 4 saturated heterocycles. The fourth-order valence-electron chi connectivity index (χ4n) is 5.56. The van der Waals surface area contributed by atoms with Gasteiger partial charge in [-0.1, -0.05) is 30.3 Å². The highest BCUT2D eigenvalue weighted by atomic mass is 15.3. The summed E-state index contributed by atoms with van der Waals surface area (Å²) in [5.41, 5.74) is 1.48. The van der Waals surface area contributed by atoms with Gasteiger partial charge in [0.25, 0.3) is 0 Å². The van der Waals surface area contributed by atoms with E-state index in [1.165, 1.54) is 57.7 Å². The Bertz CT molecular complexity index is 535. The second-order valence-electron chi connectivity index (χ2n) is 8.38. The fraction of sp³-hybridized carbons (Fsp3) is 0.700. The largest absolute Gasteiger partial charge is 0.316 e. The average molecular weight is 311 g/mol. The SMILES string of the molecule is c1ccc(CN2C[C@@H]3CC[C@H](C2)N(CC2[C@H]4CNC[C@@H]24)C3)cc1. The number of hydrogen-bond donors (Lipinski definition) is 1. The minimum Gasteiger partial charge on any atom is -0.316 e. The van der Waals surface area contributed by atoms with Gasteiger partial charge in [0, 0.05) is 38.8 Å². The molecule has 124 valence electrons. The topological polar surface area (TPSA) is 18.5 Å². The molecule has 0 spiro atoms. The number of nitrogens with zero attached hydrogens (tertiary/aromatic N) is 2. The molecule has 3 heteroatoms. The van der Waals surface area contributed by atoms with Crippen LogP contribution in [0.15, 0.2) is 30.3 Å². The highest BCUT2D eigenvalue weighted by Crippen LogP contribution is 2.49. The number of piperidine rings is 2. The normalized spacial score (nSPS) is 40.1. The lowest BCUT2D eigenvalue weighted by atomic mass is 9.94. The van der Waals surface area contributed by atoms with Gasteiger partial charge in [0.2, 0.25) is 0 Å². The molecule has 1 unspecified atom stereocenters. The summed E-state index contributed by atoms with van der Waals surface area (Å²) in [7, 11) is 0. The predicted molar refractivity (Wildman–Crippen MR) is 93.1 cm³/mol. The molecule has 23 heavy (non-hydrogen) atoms. The van der Waals surface area contributed by atoms with E-state index in [1.54, 1.807) is 0 Å². The van der Waals surface area contributed by atoms with Crippen LogP contribution in [0.2, 0.25) is 0 Å². The Morgan fingerprint density at radius 1 is 0.957 bits per heavy atom. The van der Waals surface area contributed by atoms with Crippen molar-refractivity contribution in [3.8, 4) is 0 Å². The summed E-state index contributed by atoms with van der Waals surface area (Å²) in [4.78, 5) is 5.61. The molecule has 0 radical (unpaired) electrons. The zero-order chi connectivity index (χ0) is 15.2. The van der Waals surface area contributed by atoms with Crippen molar-refractivity contribution in [2.24, 2.45) is 23.7 Å².